The highest BCUT2D eigenvalue weighted by Crippen LogP contribution is 2.27. The van der Waals surface area contributed by atoms with Gasteiger partial charge in [-0.05, 0) is 37.3 Å². The lowest BCUT2D eigenvalue weighted by molar-refractivity contribution is 0.0979. The number of nitrogens with one attached hydrogen (secondary N) is 2. The van der Waals surface area contributed by atoms with Crippen LogP contribution in [0.4, 0.5) is 0 Å². The first-order chi connectivity index (χ1) is 11.9. The molecule has 0 spiro atoms. The highest BCUT2D eigenvalue weighted by atomic mass is 32.2. The molecule has 0 unspecified atom stereocenters. The van der Waals surface area contributed by atoms with Crippen LogP contribution in [0.2, 0.25) is 0 Å². The fourth-order valence-corrected chi connectivity index (χ4v) is 4.35. The van der Waals surface area contributed by atoms with Crippen LogP contribution in [0, 0.1) is 12.8 Å². The summed E-state index contributed by atoms with van der Waals surface area (Å²) in [4.78, 5) is 27.1. The molecule has 2 aromatic rings. The Labute approximate surface area is 146 Å². The highest BCUT2D eigenvalue weighted by molar-refractivity contribution is 7.90. The standard InChI is InChI=1S/C18H20N2O4S/c1-12-15(14-8-3-2-4-9-14)10-16(17(21)19-12)18(22)20-25(23,24)11-13-6-5-7-13/h2-4,8-10,13H,5-7,11H2,1H3,(H,19,21)(H,20,22). The van der Waals surface area contributed by atoms with E-state index in [4.69, 9.17) is 0 Å². The molecule has 1 amide bonds. The molecular weight excluding hydrogens is 340 g/mol. The van der Waals surface area contributed by atoms with Crippen LogP contribution >= 0.6 is 0 Å². The summed E-state index contributed by atoms with van der Waals surface area (Å²) in [7, 11) is -3.75. The zero-order chi connectivity index (χ0) is 18.0. The number of hydrogen-bond acceptors (Lipinski definition) is 4. The maximum atomic E-state index is 12.4. The molecule has 1 heterocycles. The number of carbonyl (C=O) groups excluding carboxylic acids is 1. The van der Waals surface area contributed by atoms with Crippen molar-refractivity contribution < 1.29 is 13.2 Å². The van der Waals surface area contributed by atoms with Crippen molar-refractivity contribution in [3.05, 3.63) is 58.0 Å². The molecule has 0 bridgehead atoms. The monoisotopic (exact) mass is 360 g/mol. The van der Waals surface area contributed by atoms with Gasteiger partial charge in [-0.25, -0.2) is 13.1 Å². The first-order valence-corrected chi connectivity index (χ1v) is 9.85. The third-order valence-electron chi connectivity index (χ3n) is 4.50. The van der Waals surface area contributed by atoms with E-state index in [0.29, 0.717) is 11.3 Å². The topological polar surface area (TPSA) is 96.1 Å². The van der Waals surface area contributed by atoms with Gasteiger partial charge in [0.15, 0.2) is 0 Å². The Morgan fingerprint density at radius 2 is 1.92 bits per heavy atom. The number of benzene rings is 1. The number of rotatable bonds is 5. The molecule has 0 radical (unpaired) electrons. The molecule has 1 aliphatic carbocycles. The van der Waals surface area contributed by atoms with Crippen molar-refractivity contribution in [2.24, 2.45) is 5.92 Å². The Bertz CT molecular complexity index is 945. The van der Waals surface area contributed by atoms with E-state index >= 15 is 0 Å². The molecule has 1 aromatic carbocycles. The van der Waals surface area contributed by atoms with Crippen molar-refractivity contribution in [3.8, 4) is 11.1 Å². The normalized spacial score (nSPS) is 14.8. The van der Waals surface area contributed by atoms with Gasteiger partial charge >= 0.3 is 0 Å². The van der Waals surface area contributed by atoms with Crippen molar-refractivity contribution in [1.82, 2.24) is 9.71 Å². The number of amides is 1. The lowest BCUT2D eigenvalue weighted by atomic mass is 9.87. The van der Waals surface area contributed by atoms with Crippen molar-refractivity contribution >= 4 is 15.9 Å². The number of pyridine rings is 1. The van der Waals surface area contributed by atoms with E-state index in [0.717, 1.165) is 24.8 Å². The van der Waals surface area contributed by atoms with E-state index in [2.05, 4.69) is 4.98 Å². The molecule has 1 aromatic heterocycles. The Kier molecular flexibility index (Phi) is 4.76. The highest BCUT2D eigenvalue weighted by Gasteiger charge is 2.27. The fraction of sp³-hybridized carbons (Fsp3) is 0.333. The molecule has 1 saturated carbocycles. The molecule has 3 rings (SSSR count). The van der Waals surface area contributed by atoms with Crippen LogP contribution in [0.25, 0.3) is 11.1 Å². The van der Waals surface area contributed by atoms with Gasteiger partial charge in [0, 0.05) is 11.3 Å². The van der Waals surface area contributed by atoms with Gasteiger partial charge in [-0.1, -0.05) is 36.8 Å². The van der Waals surface area contributed by atoms with E-state index < -0.39 is 21.5 Å². The molecule has 0 aliphatic heterocycles. The molecule has 6 nitrogen and oxygen atoms in total. The average Bonchev–Trinajstić information content (AvgIpc) is 2.51. The molecule has 25 heavy (non-hydrogen) atoms. The SMILES string of the molecule is Cc1[nH]c(=O)c(C(=O)NS(=O)(=O)CC2CCC2)cc1-c1ccccc1. The number of aromatic amines is 1. The Morgan fingerprint density at radius 1 is 1.24 bits per heavy atom. The van der Waals surface area contributed by atoms with Gasteiger partial charge in [-0.15, -0.1) is 0 Å². The van der Waals surface area contributed by atoms with Crippen LogP contribution < -0.4 is 10.3 Å². The zero-order valence-electron chi connectivity index (χ0n) is 13.9. The van der Waals surface area contributed by atoms with E-state index in [-0.39, 0.29) is 17.2 Å². The number of hydrogen-bond donors (Lipinski definition) is 2. The summed E-state index contributed by atoms with van der Waals surface area (Å²) in [6.45, 7) is 1.73. The minimum Gasteiger partial charge on any atom is -0.325 e. The van der Waals surface area contributed by atoms with Crippen molar-refractivity contribution in [3.63, 3.8) is 0 Å². The van der Waals surface area contributed by atoms with Crippen LogP contribution in [0.3, 0.4) is 0 Å². The number of aryl methyl sites for hydroxylation is 1. The summed E-state index contributed by atoms with van der Waals surface area (Å²) in [6.07, 6.45) is 2.74. The third-order valence-corrected chi connectivity index (χ3v) is 5.90. The van der Waals surface area contributed by atoms with Gasteiger partial charge in [0.1, 0.15) is 5.56 Å². The van der Waals surface area contributed by atoms with Gasteiger partial charge in [-0.2, -0.15) is 0 Å². The predicted molar refractivity (Wildman–Crippen MR) is 95.8 cm³/mol. The quantitative estimate of drug-likeness (QED) is 0.854. The number of sulfonamides is 1. The first-order valence-electron chi connectivity index (χ1n) is 8.20. The number of carbonyl (C=O) groups is 1. The third kappa shape index (κ3) is 3.99. The first kappa shape index (κ1) is 17.4. The van der Waals surface area contributed by atoms with E-state index in [1.54, 1.807) is 6.92 Å². The van der Waals surface area contributed by atoms with Gasteiger partial charge in [0.05, 0.1) is 5.75 Å². The second-order valence-corrected chi connectivity index (χ2v) is 8.19. The van der Waals surface area contributed by atoms with Crippen LogP contribution in [0.15, 0.2) is 41.2 Å². The smallest absolute Gasteiger partial charge is 0.270 e. The lowest BCUT2D eigenvalue weighted by Crippen LogP contribution is -2.38. The molecule has 7 heteroatoms. The van der Waals surface area contributed by atoms with Crippen molar-refractivity contribution in [2.45, 2.75) is 26.2 Å². The summed E-state index contributed by atoms with van der Waals surface area (Å²) < 4.78 is 26.2. The Balaban J connectivity index is 1.88. The lowest BCUT2D eigenvalue weighted by Gasteiger charge is -2.24. The maximum absolute atomic E-state index is 12.4. The van der Waals surface area contributed by atoms with Crippen molar-refractivity contribution in [1.29, 1.82) is 0 Å². The van der Waals surface area contributed by atoms with E-state index in [1.165, 1.54) is 6.07 Å². The molecule has 1 aliphatic rings. The van der Waals surface area contributed by atoms with Crippen LogP contribution in [-0.2, 0) is 10.0 Å². The molecule has 1 fully saturated rings. The van der Waals surface area contributed by atoms with Gasteiger partial charge < -0.3 is 4.98 Å². The molecular formula is C18H20N2O4S. The van der Waals surface area contributed by atoms with Crippen LogP contribution in [-0.4, -0.2) is 25.1 Å². The second kappa shape index (κ2) is 6.84. The molecule has 0 saturated heterocycles. The maximum Gasteiger partial charge on any atom is 0.270 e. The zero-order valence-corrected chi connectivity index (χ0v) is 14.7. The summed E-state index contributed by atoms with van der Waals surface area (Å²) in [6, 6.07) is 10.7. The van der Waals surface area contributed by atoms with E-state index in [9.17, 15) is 18.0 Å². The van der Waals surface area contributed by atoms with Gasteiger partial charge in [-0.3, -0.25) is 9.59 Å². The van der Waals surface area contributed by atoms with Crippen molar-refractivity contribution in [2.75, 3.05) is 5.75 Å². The molecule has 132 valence electrons. The molecule has 0 atom stereocenters. The summed E-state index contributed by atoms with van der Waals surface area (Å²) in [5.41, 5.74) is 1.32. The minimum atomic E-state index is -3.75. The van der Waals surface area contributed by atoms with Crippen LogP contribution in [0.1, 0.15) is 35.3 Å². The second-order valence-electron chi connectivity index (χ2n) is 6.43. The number of H-pyrrole nitrogens is 1. The van der Waals surface area contributed by atoms with Crippen LogP contribution in [0.5, 0.6) is 0 Å². The van der Waals surface area contributed by atoms with Gasteiger partial charge in [0.25, 0.3) is 11.5 Å². The summed E-state index contributed by atoms with van der Waals surface area (Å²) >= 11 is 0. The molecule has 2 N–H and O–H groups in total. The summed E-state index contributed by atoms with van der Waals surface area (Å²) in [5, 5.41) is 0. The van der Waals surface area contributed by atoms with E-state index in [1.807, 2.05) is 35.1 Å². The minimum absolute atomic E-state index is 0.0753. The van der Waals surface area contributed by atoms with Gasteiger partial charge in [0.2, 0.25) is 10.0 Å². The average molecular weight is 360 g/mol. The summed E-state index contributed by atoms with van der Waals surface area (Å²) in [5.74, 6) is -0.868. The number of aromatic nitrogens is 1. The fourth-order valence-electron chi connectivity index (χ4n) is 2.92. The largest absolute Gasteiger partial charge is 0.325 e. The Morgan fingerprint density at radius 3 is 2.52 bits per heavy atom. The Hall–Kier alpha value is -2.41. The predicted octanol–water partition coefficient (Wildman–Crippen LogP) is 2.21.